The zero-order chi connectivity index (χ0) is 9.52. The summed E-state index contributed by atoms with van der Waals surface area (Å²) < 4.78 is 0. The van der Waals surface area contributed by atoms with Crippen LogP contribution in [0.3, 0.4) is 0 Å². The van der Waals surface area contributed by atoms with E-state index in [2.05, 4.69) is 0 Å². The lowest BCUT2D eigenvalue weighted by atomic mass is 10.2. The predicted octanol–water partition coefficient (Wildman–Crippen LogP) is 1.16. The number of hydrogen-bond acceptors (Lipinski definition) is 2. The van der Waals surface area contributed by atoms with Crippen LogP contribution in [0.2, 0.25) is 0 Å². The van der Waals surface area contributed by atoms with Crippen LogP contribution in [-0.2, 0) is 4.79 Å². The van der Waals surface area contributed by atoms with Crippen LogP contribution in [0.25, 0.3) is 0 Å². The first-order valence-electron chi connectivity index (χ1n) is 5.23. The van der Waals surface area contributed by atoms with Gasteiger partial charge >= 0.3 is 0 Å². The van der Waals surface area contributed by atoms with Crippen LogP contribution < -0.4 is 0 Å². The second-order valence-corrected chi connectivity index (χ2v) is 3.62. The lowest BCUT2D eigenvalue weighted by Crippen LogP contribution is -2.25. The fourth-order valence-electron chi connectivity index (χ4n) is 1.71. The number of unbranched alkanes of at least 4 members (excludes halogenated alkanes) is 3. The zero-order valence-electron chi connectivity index (χ0n) is 8.17. The highest BCUT2D eigenvalue weighted by Gasteiger charge is 2.18. The first-order valence-corrected chi connectivity index (χ1v) is 5.23. The normalized spacial score (nSPS) is 17.0. The lowest BCUT2D eigenvalue weighted by molar-refractivity contribution is -0.127. The minimum atomic E-state index is 0.294. The zero-order valence-corrected chi connectivity index (χ0v) is 8.17. The van der Waals surface area contributed by atoms with Crippen LogP contribution in [-0.4, -0.2) is 35.6 Å². The Morgan fingerprint density at radius 2 is 2.00 bits per heavy atom. The molecule has 0 spiro atoms. The van der Waals surface area contributed by atoms with E-state index in [4.69, 9.17) is 5.11 Å². The van der Waals surface area contributed by atoms with Gasteiger partial charge in [-0.05, 0) is 19.3 Å². The van der Waals surface area contributed by atoms with Crippen molar-refractivity contribution >= 4 is 5.91 Å². The molecule has 1 heterocycles. The molecule has 1 aliphatic rings. The Labute approximate surface area is 79.7 Å². The van der Waals surface area contributed by atoms with Crippen molar-refractivity contribution in [3.05, 3.63) is 0 Å². The second-order valence-electron chi connectivity index (χ2n) is 3.62. The molecule has 3 heteroatoms. The maximum atomic E-state index is 11.2. The summed E-state index contributed by atoms with van der Waals surface area (Å²) in [5, 5.41) is 8.55. The SMILES string of the molecule is O=C1CCCN1CCCCCCO. The van der Waals surface area contributed by atoms with Crippen molar-refractivity contribution < 1.29 is 9.90 Å². The Morgan fingerprint density at radius 1 is 1.23 bits per heavy atom. The van der Waals surface area contributed by atoms with E-state index in [1.807, 2.05) is 4.90 Å². The van der Waals surface area contributed by atoms with E-state index in [1.165, 1.54) is 0 Å². The Morgan fingerprint density at radius 3 is 2.62 bits per heavy atom. The first kappa shape index (κ1) is 10.5. The van der Waals surface area contributed by atoms with Gasteiger partial charge in [0.05, 0.1) is 0 Å². The van der Waals surface area contributed by atoms with Gasteiger partial charge in [0.2, 0.25) is 5.91 Å². The molecule has 76 valence electrons. The fraction of sp³-hybridized carbons (Fsp3) is 0.900. The number of aliphatic hydroxyl groups is 1. The molecule has 0 atom stereocenters. The van der Waals surface area contributed by atoms with E-state index in [-0.39, 0.29) is 0 Å². The van der Waals surface area contributed by atoms with Gasteiger partial charge in [-0.1, -0.05) is 12.8 Å². The van der Waals surface area contributed by atoms with Crippen molar-refractivity contribution in [2.75, 3.05) is 19.7 Å². The molecule has 0 saturated carbocycles. The largest absolute Gasteiger partial charge is 0.396 e. The van der Waals surface area contributed by atoms with Gasteiger partial charge in [-0.15, -0.1) is 0 Å². The van der Waals surface area contributed by atoms with Gasteiger partial charge in [0, 0.05) is 26.1 Å². The molecule has 1 N–H and O–H groups in total. The van der Waals surface area contributed by atoms with Gasteiger partial charge in [-0.2, -0.15) is 0 Å². The van der Waals surface area contributed by atoms with Crippen LogP contribution in [0.15, 0.2) is 0 Å². The smallest absolute Gasteiger partial charge is 0.222 e. The van der Waals surface area contributed by atoms with E-state index in [0.717, 1.165) is 51.6 Å². The van der Waals surface area contributed by atoms with E-state index in [9.17, 15) is 4.79 Å². The van der Waals surface area contributed by atoms with Crippen LogP contribution >= 0.6 is 0 Å². The molecule has 1 fully saturated rings. The molecule has 1 rings (SSSR count). The third kappa shape index (κ3) is 3.77. The van der Waals surface area contributed by atoms with Gasteiger partial charge in [0.25, 0.3) is 0 Å². The average molecular weight is 185 g/mol. The van der Waals surface area contributed by atoms with Crippen molar-refractivity contribution in [1.29, 1.82) is 0 Å². The number of carbonyl (C=O) groups excluding carboxylic acids is 1. The average Bonchev–Trinajstić information content (AvgIpc) is 2.52. The van der Waals surface area contributed by atoms with Gasteiger partial charge in [-0.3, -0.25) is 4.79 Å². The summed E-state index contributed by atoms with van der Waals surface area (Å²) in [5.74, 6) is 0.321. The summed E-state index contributed by atoms with van der Waals surface area (Å²) in [5.41, 5.74) is 0. The highest BCUT2D eigenvalue weighted by molar-refractivity contribution is 5.77. The summed E-state index contributed by atoms with van der Waals surface area (Å²) in [6.45, 7) is 2.17. The molecule has 1 aliphatic heterocycles. The predicted molar refractivity (Wildman–Crippen MR) is 51.4 cm³/mol. The number of nitrogens with zero attached hydrogens (tertiary/aromatic N) is 1. The summed E-state index contributed by atoms with van der Waals surface area (Å²) in [7, 11) is 0. The molecule has 0 aliphatic carbocycles. The topological polar surface area (TPSA) is 40.5 Å². The van der Waals surface area contributed by atoms with Crippen LogP contribution in [0.5, 0.6) is 0 Å². The maximum Gasteiger partial charge on any atom is 0.222 e. The third-order valence-corrected chi connectivity index (χ3v) is 2.51. The minimum Gasteiger partial charge on any atom is -0.396 e. The third-order valence-electron chi connectivity index (χ3n) is 2.51. The number of likely N-dealkylation sites (tertiary alicyclic amines) is 1. The number of carbonyl (C=O) groups is 1. The fourth-order valence-corrected chi connectivity index (χ4v) is 1.71. The van der Waals surface area contributed by atoms with Crippen LogP contribution in [0.1, 0.15) is 38.5 Å². The number of hydrogen-bond donors (Lipinski definition) is 1. The van der Waals surface area contributed by atoms with Crippen molar-refractivity contribution in [3.63, 3.8) is 0 Å². The van der Waals surface area contributed by atoms with Gasteiger partial charge < -0.3 is 10.0 Å². The molecule has 1 amide bonds. The molecule has 3 nitrogen and oxygen atoms in total. The quantitative estimate of drug-likeness (QED) is 0.631. The van der Waals surface area contributed by atoms with E-state index >= 15 is 0 Å². The lowest BCUT2D eigenvalue weighted by Gasteiger charge is -2.14. The van der Waals surface area contributed by atoms with Gasteiger partial charge in [0.15, 0.2) is 0 Å². The van der Waals surface area contributed by atoms with Crippen LogP contribution in [0.4, 0.5) is 0 Å². The number of aliphatic hydroxyl groups excluding tert-OH is 1. The number of rotatable bonds is 6. The van der Waals surface area contributed by atoms with Gasteiger partial charge in [0.1, 0.15) is 0 Å². The monoisotopic (exact) mass is 185 g/mol. The summed E-state index contributed by atoms with van der Waals surface area (Å²) in [4.78, 5) is 13.1. The van der Waals surface area contributed by atoms with Crippen LogP contribution in [0, 0.1) is 0 Å². The Bertz CT molecular complexity index is 159. The Balaban J connectivity index is 1.96. The van der Waals surface area contributed by atoms with E-state index in [0.29, 0.717) is 12.5 Å². The molecule has 1 saturated heterocycles. The Hall–Kier alpha value is -0.570. The van der Waals surface area contributed by atoms with E-state index in [1.54, 1.807) is 0 Å². The number of amides is 1. The molecule has 0 unspecified atom stereocenters. The molecular weight excluding hydrogens is 166 g/mol. The summed E-state index contributed by atoms with van der Waals surface area (Å²) in [6.07, 6.45) is 5.98. The van der Waals surface area contributed by atoms with Crippen molar-refractivity contribution in [3.8, 4) is 0 Å². The molecule has 0 aromatic rings. The highest BCUT2D eigenvalue weighted by atomic mass is 16.2. The van der Waals surface area contributed by atoms with Crippen molar-refractivity contribution in [1.82, 2.24) is 4.90 Å². The maximum absolute atomic E-state index is 11.2. The second kappa shape index (κ2) is 5.97. The summed E-state index contributed by atoms with van der Waals surface area (Å²) >= 11 is 0. The minimum absolute atomic E-state index is 0.294. The highest BCUT2D eigenvalue weighted by Crippen LogP contribution is 2.11. The standard InChI is InChI=1S/C10H19NO2/c12-9-4-2-1-3-7-11-8-5-6-10(11)13/h12H,1-9H2. The summed E-state index contributed by atoms with van der Waals surface area (Å²) in [6, 6.07) is 0. The Kier molecular flexibility index (Phi) is 4.83. The molecule has 0 aromatic carbocycles. The van der Waals surface area contributed by atoms with Crippen molar-refractivity contribution in [2.45, 2.75) is 38.5 Å². The first-order chi connectivity index (χ1) is 6.34. The molecular formula is C10H19NO2. The molecule has 13 heavy (non-hydrogen) atoms. The molecule has 0 radical (unpaired) electrons. The molecule has 0 bridgehead atoms. The molecule has 0 aromatic heterocycles. The van der Waals surface area contributed by atoms with E-state index < -0.39 is 0 Å². The van der Waals surface area contributed by atoms with Gasteiger partial charge in [-0.25, -0.2) is 0 Å². The van der Waals surface area contributed by atoms with Crippen molar-refractivity contribution in [2.24, 2.45) is 0 Å².